The quantitative estimate of drug-likeness (QED) is 0.771. The predicted molar refractivity (Wildman–Crippen MR) is 90.4 cm³/mol. The normalized spacial score (nSPS) is 10.5. The highest BCUT2D eigenvalue weighted by Gasteiger charge is 2.11. The third-order valence-corrected chi connectivity index (χ3v) is 4.18. The second kappa shape index (κ2) is 6.22. The van der Waals surface area contributed by atoms with E-state index in [1.165, 1.54) is 24.3 Å². The van der Waals surface area contributed by atoms with E-state index in [-0.39, 0.29) is 11.5 Å². The van der Waals surface area contributed by atoms with Crippen molar-refractivity contribution < 1.29 is 14.7 Å². The third-order valence-electron chi connectivity index (χ3n) is 3.49. The molecule has 3 aromatic carbocycles. The number of halogens is 1. The third kappa shape index (κ3) is 3.10. The molecule has 3 aromatic rings. The van der Waals surface area contributed by atoms with Crippen LogP contribution in [-0.4, -0.2) is 11.9 Å². The van der Waals surface area contributed by atoms with Crippen molar-refractivity contribution >= 4 is 44.3 Å². The van der Waals surface area contributed by atoms with E-state index in [9.17, 15) is 14.7 Å². The molecule has 0 saturated carbocycles. The minimum Gasteiger partial charge on any atom is -0.545 e. The summed E-state index contributed by atoms with van der Waals surface area (Å²) in [7, 11) is 0. The van der Waals surface area contributed by atoms with Gasteiger partial charge < -0.3 is 15.2 Å². The van der Waals surface area contributed by atoms with Gasteiger partial charge in [-0.3, -0.25) is 4.79 Å². The average molecular weight is 369 g/mol. The number of amides is 1. The molecule has 0 aliphatic carbocycles. The number of aromatic carboxylic acids is 1. The maximum atomic E-state index is 12.5. The maximum absolute atomic E-state index is 12.5. The fourth-order valence-electron chi connectivity index (χ4n) is 2.36. The molecule has 0 fully saturated rings. The highest BCUT2D eigenvalue weighted by Crippen LogP contribution is 2.26. The Kier molecular flexibility index (Phi) is 4.12. The molecule has 0 spiro atoms. The zero-order chi connectivity index (χ0) is 16.4. The van der Waals surface area contributed by atoms with Crippen LogP contribution in [0.25, 0.3) is 10.8 Å². The molecule has 4 nitrogen and oxygen atoms in total. The Hall–Kier alpha value is -2.66. The zero-order valence-corrected chi connectivity index (χ0v) is 13.5. The van der Waals surface area contributed by atoms with Gasteiger partial charge in [-0.05, 0) is 40.6 Å². The molecule has 114 valence electrons. The summed E-state index contributed by atoms with van der Waals surface area (Å²) in [6.45, 7) is 0. The van der Waals surface area contributed by atoms with Crippen molar-refractivity contribution in [2.45, 2.75) is 0 Å². The van der Waals surface area contributed by atoms with Crippen molar-refractivity contribution in [2.24, 2.45) is 0 Å². The standard InChI is InChI=1S/C18H12BrNO3/c19-16-6-2-3-13-14(16)4-1-5-15(13)17(21)20-12-9-7-11(8-10-12)18(22)23/h1-10H,(H,20,21)(H,22,23)/p-1. The van der Waals surface area contributed by atoms with E-state index in [4.69, 9.17) is 0 Å². The Morgan fingerprint density at radius 2 is 1.52 bits per heavy atom. The lowest BCUT2D eigenvalue weighted by Gasteiger charge is -2.10. The van der Waals surface area contributed by atoms with Crippen LogP contribution >= 0.6 is 15.9 Å². The van der Waals surface area contributed by atoms with Gasteiger partial charge in [0.15, 0.2) is 0 Å². The summed E-state index contributed by atoms with van der Waals surface area (Å²) >= 11 is 3.48. The number of carboxylic acids is 1. The number of hydrogen-bond acceptors (Lipinski definition) is 3. The number of nitrogens with one attached hydrogen (secondary N) is 1. The average Bonchev–Trinajstić information content (AvgIpc) is 2.55. The molecule has 0 atom stereocenters. The van der Waals surface area contributed by atoms with Crippen LogP contribution in [0.3, 0.4) is 0 Å². The molecule has 1 N–H and O–H groups in total. The van der Waals surface area contributed by atoms with Crippen molar-refractivity contribution in [3.8, 4) is 0 Å². The largest absolute Gasteiger partial charge is 0.545 e. The van der Waals surface area contributed by atoms with E-state index in [1.54, 1.807) is 6.07 Å². The number of carbonyl (C=O) groups excluding carboxylic acids is 2. The van der Waals surface area contributed by atoms with Gasteiger partial charge in [-0.25, -0.2) is 0 Å². The van der Waals surface area contributed by atoms with Gasteiger partial charge in [0.25, 0.3) is 5.91 Å². The van der Waals surface area contributed by atoms with E-state index < -0.39 is 5.97 Å². The van der Waals surface area contributed by atoms with Crippen molar-refractivity contribution in [2.75, 3.05) is 5.32 Å². The van der Waals surface area contributed by atoms with Crippen LogP contribution in [0.15, 0.2) is 65.1 Å². The maximum Gasteiger partial charge on any atom is 0.256 e. The predicted octanol–water partition coefficient (Wildman–Crippen LogP) is 3.22. The Morgan fingerprint density at radius 3 is 2.22 bits per heavy atom. The summed E-state index contributed by atoms with van der Waals surface area (Å²) in [6.07, 6.45) is 0. The molecule has 0 aliphatic heterocycles. The summed E-state index contributed by atoms with van der Waals surface area (Å²) < 4.78 is 0.919. The molecule has 0 radical (unpaired) electrons. The molecule has 0 saturated heterocycles. The Morgan fingerprint density at radius 1 is 0.870 bits per heavy atom. The van der Waals surface area contributed by atoms with Crippen LogP contribution in [0.1, 0.15) is 20.7 Å². The molecular formula is C18H11BrNO3-. The smallest absolute Gasteiger partial charge is 0.256 e. The Bertz CT molecular complexity index is 904. The van der Waals surface area contributed by atoms with Crippen LogP contribution in [0.4, 0.5) is 5.69 Å². The first-order valence-electron chi connectivity index (χ1n) is 6.86. The number of carboxylic acid groups (broad SMARTS) is 1. The van der Waals surface area contributed by atoms with Crippen molar-refractivity contribution in [3.05, 3.63) is 76.3 Å². The first-order valence-corrected chi connectivity index (χ1v) is 7.65. The molecule has 1 amide bonds. The summed E-state index contributed by atoms with van der Waals surface area (Å²) in [5, 5.41) is 15.3. The van der Waals surface area contributed by atoms with Crippen LogP contribution in [0, 0.1) is 0 Å². The number of anilines is 1. The lowest BCUT2D eigenvalue weighted by Crippen LogP contribution is -2.22. The van der Waals surface area contributed by atoms with E-state index >= 15 is 0 Å². The SMILES string of the molecule is O=C([O-])c1ccc(NC(=O)c2cccc3c(Br)cccc23)cc1. The minimum absolute atomic E-state index is 0.0668. The second-order valence-electron chi connectivity index (χ2n) is 4.96. The monoisotopic (exact) mass is 368 g/mol. The molecule has 23 heavy (non-hydrogen) atoms. The van der Waals surface area contributed by atoms with Crippen LogP contribution < -0.4 is 10.4 Å². The van der Waals surface area contributed by atoms with E-state index in [0.717, 1.165) is 15.2 Å². The number of fused-ring (bicyclic) bond motifs is 1. The van der Waals surface area contributed by atoms with Crippen molar-refractivity contribution in [3.63, 3.8) is 0 Å². The van der Waals surface area contributed by atoms with E-state index in [1.807, 2.05) is 30.3 Å². The zero-order valence-electron chi connectivity index (χ0n) is 11.9. The van der Waals surface area contributed by atoms with Crippen molar-refractivity contribution in [1.29, 1.82) is 0 Å². The molecule has 0 aliphatic rings. The Balaban J connectivity index is 1.92. The molecular weight excluding hydrogens is 358 g/mol. The van der Waals surface area contributed by atoms with Crippen LogP contribution in [-0.2, 0) is 0 Å². The summed E-state index contributed by atoms with van der Waals surface area (Å²) in [5.74, 6) is -1.50. The Labute approximate surface area is 140 Å². The number of carbonyl (C=O) groups is 2. The second-order valence-corrected chi connectivity index (χ2v) is 5.81. The fraction of sp³-hybridized carbons (Fsp3) is 0. The van der Waals surface area contributed by atoms with Crippen LogP contribution in [0.5, 0.6) is 0 Å². The topological polar surface area (TPSA) is 69.2 Å². The molecule has 0 unspecified atom stereocenters. The van der Waals surface area contributed by atoms with Gasteiger partial charge in [-0.2, -0.15) is 0 Å². The minimum atomic E-state index is -1.25. The molecule has 5 heteroatoms. The summed E-state index contributed by atoms with van der Waals surface area (Å²) in [6, 6.07) is 17.0. The van der Waals surface area contributed by atoms with Crippen LogP contribution in [0.2, 0.25) is 0 Å². The molecule has 3 rings (SSSR count). The number of hydrogen-bond donors (Lipinski definition) is 1. The number of rotatable bonds is 3. The highest BCUT2D eigenvalue weighted by atomic mass is 79.9. The van der Waals surface area contributed by atoms with Gasteiger partial charge in [0.05, 0.1) is 5.97 Å². The van der Waals surface area contributed by atoms with E-state index in [0.29, 0.717) is 11.3 Å². The number of benzene rings is 3. The summed E-state index contributed by atoms with van der Waals surface area (Å²) in [5.41, 5.74) is 1.14. The molecule has 0 bridgehead atoms. The van der Waals surface area contributed by atoms with Gasteiger partial charge in [0, 0.05) is 15.7 Å². The van der Waals surface area contributed by atoms with Gasteiger partial charge in [-0.15, -0.1) is 0 Å². The van der Waals surface area contributed by atoms with Crippen molar-refractivity contribution in [1.82, 2.24) is 0 Å². The fourth-order valence-corrected chi connectivity index (χ4v) is 2.86. The first-order chi connectivity index (χ1) is 11.1. The lowest BCUT2D eigenvalue weighted by molar-refractivity contribution is -0.255. The summed E-state index contributed by atoms with van der Waals surface area (Å²) in [4.78, 5) is 23.2. The van der Waals surface area contributed by atoms with E-state index in [2.05, 4.69) is 21.2 Å². The van der Waals surface area contributed by atoms with Gasteiger partial charge in [0.1, 0.15) is 0 Å². The molecule has 0 heterocycles. The van der Waals surface area contributed by atoms with Gasteiger partial charge in [-0.1, -0.05) is 52.3 Å². The molecule has 0 aromatic heterocycles. The van der Waals surface area contributed by atoms with Gasteiger partial charge >= 0.3 is 0 Å². The highest BCUT2D eigenvalue weighted by molar-refractivity contribution is 9.10. The lowest BCUT2D eigenvalue weighted by atomic mass is 10.0. The van der Waals surface area contributed by atoms with Gasteiger partial charge in [0.2, 0.25) is 0 Å². The first kappa shape index (κ1) is 15.2.